The van der Waals surface area contributed by atoms with E-state index in [4.69, 9.17) is 0 Å². The third kappa shape index (κ3) is 3.65. The lowest BCUT2D eigenvalue weighted by Gasteiger charge is -2.40. The van der Waals surface area contributed by atoms with Gasteiger partial charge in [0.25, 0.3) is 0 Å². The van der Waals surface area contributed by atoms with Crippen LogP contribution >= 0.6 is 0 Å². The van der Waals surface area contributed by atoms with Crippen molar-refractivity contribution in [2.45, 2.75) is 45.6 Å². The van der Waals surface area contributed by atoms with E-state index in [0.717, 1.165) is 25.6 Å². The smallest absolute Gasteiger partial charge is 0.0153 e. The zero-order valence-corrected chi connectivity index (χ0v) is 9.32. The minimum absolute atomic E-state index is 0.473. The Kier molecular flexibility index (Phi) is 4.20. The third-order valence-corrected chi connectivity index (χ3v) is 3.08. The zero-order chi connectivity index (χ0) is 9.73. The molecular weight excluding hydrogens is 160 g/mol. The molecule has 1 atom stereocenters. The Bertz CT molecular complexity index is 141. The van der Waals surface area contributed by atoms with Crippen molar-refractivity contribution < 1.29 is 0 Å². The molecule has 0 radical (unpaired) electrons. The second-order valence-corrected chi connectivity index (χ2v) is 4.71. The fraction of sp³-hybridized carbons (Fsp3) is 1.00. The van der Waals surface area contributed by atoms with Crippen LogP contribution in [0.2, 0.25) is 0 Å². The van der Waals surface area contributed by atoms with Crippen molar-refractivity contribution in [1.82, 2.24) is 10.6 Å². The van der Waals surface area contributed by atoms with Crippen molar-refractivity contribution in [3.8, 4) is 0 Å². The molecule has 1 saturated carbocycles. The molecule has 0 aromatic rings. The molecule has 1 unspecified atom stereocenters. The zero-order valence-electron chi connectivity index (χ0n) is 9.32. The molecule has 1 rings (SSSR count). The fourth-order valence-corrected chi connectivity index (χ4v) is 1.77. The highest BCUT2D eigenvalue weighted by Crippen LogP contribution is 2.30. The Labute approximate surface area is 82.5 Å². The summed E-state index contributed by atoms with van der Waals surface area (Å²) in [7, 11) is 0. The van der Waals surface area contributed by atoms with Gasteiger partial charge in [-0.25, -0.2) is 0 Å². The van der Waals surface area contributed by atoms with Crippen LogP contribution in [0.25, 0.3) is 0 Å². The number of hydrogen-bond donors (Lipinski definition) is 2. The van der Waals surface area contributed by atoms with E-state index in [1.165, 1.54) is 19.3 Å². The van der Waals surface area contributed by atoms with E-state index in [1.807, 2.05) is 0 Å². The molecule has 2 heteroatoms. The Morgan fingerprint density at radius 1 is 1.31 bits per heavy atom. The molecule has 0 aromatic heterocycles. The van der Waals surface area contributed by atoms with Gasteiger partial charge in [-0.1, -0.05) is 13.8 Å². The molecule has 1 aliphatic carbocycles. The molecule has 0 aliphatic heterocycles. The molecular formula is C11H24N2. The Balaban J connectivity index is 2.03. The molecule has 2 N–H and O–H groups in total. The number of hydrogen-bond acceptors (Lipinski definition) is 2. The largest absolute Gasteiger partial charge is 0.317 e. The molecule has 0 aromatic carbocycles. The summed E-state index contributed by atoms with van der Waals surface area (Å²) < 4.78 is 0. The Hall–Kier alpha value is -0.0800. The van der Waals surface area contributed by atoms with Gasteiger partial charge in [0.05, 0.1) is 0 Å². The molecule has 0 spiro atoms. The van der Waals surface area contributed by atoms with Gasteiger partial charge in [0.15, 0.2) is 0 Å². The standard InChI is InChI=1S/C11H24N2/c1-4-12-8-10(2)9-13-11(3)6-5-7-11/h10,12-13H,4-9H2,1-3H3. The van der Waals surface area contributed by atoms with Gasteiger partial charge >= 0.3 is 0 Å². The third-order valence-electron chi connectivity index (χ3n) is 3.08. The van der Waals surface area contributed by atoms with E-state index in [1.54, 1.807) is 0 Å². The monoisotopic (exact) mass is 184 g/mol. The Morgan fingerprint density at radius 2 is 2.00 bits per heavy atom. The lowest BCUT2D eigenvalue weighted by Crippen LogP contribution is -2.50. The van der Waals surface area contributed by atoms with E-state index in [0.29, 0.717) is 5.54 Å². The predicted molar refractivity (Wildman–Crippen MR) is 58.0 cm³/mol. The normalized spacial score (nSPS) is 22.4. The molecule has 2 nitrogen and oxygen atoms in total. The lowest BCUT2D eigenvalue weighted by molar-refractivity contribution is 0.199. The highest BCUT2D eigenvalue weighted by molar-refractivity contribution is 4.91. The molecule has 0 amide bonds. The Morgan fingerprint density at radius 3 is 2.46 bits per heavy atom. The van der Waals surface area contributed by atoms with Gasteiger partial charge in [0.2, 0.25) is 0 Å². The second kappa shape index (κ2) is 4.97. The first kappa shape index (κ1) is 11.0. The predicted octanol–water partition coefficient (Wildman–Crippen LogP) is 1.76. The average Bonchev–Trinajstić information content (AvgIpc) is 2.08. The topological polar surface area (TPSA) is 24.1 Å². The highest BCUT2D eigenvalue weighted by Gasteiger charge is 2.30. The SMILES string of the molecule is CCNCC(C)CNC1(C)CCC1. The molecule has 0 saturated heterocycles. The minimum Gasteiger partial charge on any atom is -0.317 e. The van der Waals surface area contributed by atoms with Gasteiger partial charge in [0, 0.05) is 5.54 Å². The molecule has 1 aliphatic rings. The van der Waals surface area contributed by atoms with E-state index in [9.17, 15) is 0 Å². The average molecular weight is 184 g/mol. The van der Waals surface area contributed by atoms with Crippen LogP contribution in [0.15, 0.2) is 0 Å². The van der Waals surface area contributed by atoms with Crippen molar-refractivity contribution in [2.24, 2.45) is 5.92 Å². The summed E-state index contributed by atoms with van der Waals surface area (Å²) in [5.41, 5.74) is 0.473. The van der Waals surface area contributed by atoms with Crippen molar-refractivity contribution in [3.05, 3.63) is 0 Å². The van der Waals surface area contributed by atoms with Crippen LogP contribution in [0.3, 0.4) is 0 Å². The van der Waals surface area contributed by atoms with Crippen molar-refractivity contribution in [3.63, 3.8) is 0 Å². The second-order valence-electron chi connectivity index (χ2n) is 4.71. The fourth-order valence-electron chi connectivity index (χ4n) is 1.77. The van der Waals surface area contributed by atoms with Crippen molar-refractivity contribution in [1.29, 1.82) is 0 Å². The summed E-state index contributed by atoms with van der Waals surface area (Å²) in [6, 6.07) is 0. The molecule has 78 valence electrons. The van der Waals surface area contributed by atoms with Crippen LogP contribution < -0.4 is 10.6 Å². The summed E-state index contributed by atoms with van der Waals surface area (Å²) in [6.45, 7) is 10.2. The van der Waals surface area contributed by atoms with Gasteiger partial charge in [-0.15, -0.1) is 0 Å². The summed E-state index contributed by atoms with van der Waals surface area (Å²) in [5, 5.41) is 7.04. The van der Waals surface area contributed by atoms with Gasteiger partial charge in [-0.05, 0) is 51.7 Å². The van der Waals surface area contributed by atoms with E-state index < -0.39 is 0 Å². The summed E-state index contributed by atoms with van der Waals surface area (Å²) in [4.78, 5) is 0. The van der Waals surface area contributed by atoms with E-state index in [2.05, 4.69) is 31.4 Å². The molecule has 0 bridgehead atoms. The first-order valence-corrected chi connectivity index (χ1v) is 5.62. The van der Waals surface area contributed by atoms with Crippen LogP contribution in [0.4, 0.5) is 0 Å². The van der Waals surface area contributed by atoms with Gasteiger partial charge in [-0.3, -0.25) is 0 Å². The first-order valence-electron chi connectivity index (χ1n) is 5.62. The molecule has 1 fully saturated rings. The van der Waals surface area contributed by atoms with Gasteiger partial charge in [0.1, 0.15) is 0 Å². The number of nitrogens with one attached hydrogen (secondary N) is 2. The van der Waals surface area contributed by atoms with Crippen molar-refractivity contribution in [2.75, 3.05) is 19.6 Å². The summed E-state index contributed by atoms with van der Waals surface area (Å²) in [6.07, 6.45) is 4.13. The maximum atomic E-state index is 3.66. The molecule has 13 heavy (non-hydrogen) atoms. The quantitative estimate of drug-likeness (QED) is 0.657. The van der Waals surface area contributed by atoms with Crippen LogP contribution in [-0.4, -0.2) is 25.2 Å². The highest BCUT2D eigenvalue weighted by atomic mass is 15.0. The maximum Gasteiger partial charge on any atom is 0.0153 e. The van der Waals surface area contributed by atoms with Crippen LogP contribution in [0.1, 0.15) is 40.0 Å². The number of rotatable bonds is 6. The lowest BCUT2D eigenvalue weighted by atomic mass is 9.78. The molecule has 0 heterocycles. The first-order chi connectivity index (χ1) is 6.16. The van der Waals surface area contributed by atoms with Gasteiger partial charge < -0.3 is 10.6 Å². The van der Waals surface area contributed by atoms with Crippen LogP contribution in [0.5, 0.6) is 0 Å². The summed E-state index contributed by atoms with van der Waals surface area (Å²) in [5.74, 6) is 0.748. The van der Waals surface area contributed by atoms with E-state index in [-0.39, 0.29) is 0 Å². The maximum absolute atomic E-state index is 3.66. The van der Waals surface area contributed by atoms with Gasteiger partial charge in [-0.2, -0.15) is 0 Å². The van der Waals surface area contributed by atoms with Crippen molar-refractivity contribution >= 4 is 0 Å². The van der Waals surface area contributed by atoms with Crippen LogP contribution in [-0.2, 0) is 0 Å². The minimum atomic E-state index is 0.473. The summed E-state index contributed by atoms with van der Waals surface area (Å²) >= 11 is 0. The van der Waals surface area contributed by atoms with E-state index >= 15 is 0 Å². The van der Waals surface area contributed by atoms with Crippen LogP contribution in [0, 0.1) is 5.92 Å².